The highest BCUT2D eigenvalue weighted by atomic mass is 16.4. The van der Waals surface area contributed by atoms with Crippen LogP contribution in [0.4, 0.5) is 11.4 Å². The predicted molar refractivity (Wildman–Crippen MR) is 236 cm³/mol. The maximum Gasteiger partial charge on any atom is 0.339 e. The first-order valence-corrected chi connectivity index (χ1v) is 19.7. The molecule has 288 valence electrons. The summed E-state index contributed by atoms with van der Waals surface area (Å²) >= 11 is 0. The summed E-state index contributed by atoms with van der Waals surface area (Å²) in [6, 6.07) is 34.4. The lowest BCUT2D eigenvalue weighted by molar-refractivity contribution is 0.0693. The van der Waals surface area contributed by atoms with Gasteiger partial charge in [-0.15, -0.1) is 0 Å². The first kappa shape index (κ1) is 37.8. The molecule has 2 aliphatic carbocycles. The average molecular weight is 755 g/mol. The van der Waals surface area contributed by atoms with E-state index >= 15 is 0 Å². The second-order valence-electron chi connectivity index (χ2n) is 17.2. The number of carboxylic acids is 1. The molecule has 6 aromatic carbocycles. The predicted octanol–water partition coefficient (Wildman–Crippen LogP) is 11.9. The fourth-order valence-electron chi connectivity index (χ4n) is 8.99. The maximum absolute atomic E-state index is 12.0. The highest BCUT2D eigenvalue weighted by Gasteiger charge is 2.37. The number of carboxylic acid groups (broad SMARTS) is 1. The maximum atomic E-state index is 12.0. The molecule has 57 heavy (non-hydrogen) atoms. The second-order valence-corrected chi connectivity index (χ2v) is 17.2. The number of rotatable bonds is 9. The van der Waals surface area contributed by atoms with Crippen LogP contribution in [-0.4, -0.2) is 35.4 Å². The number of nitrogens with one attached hydrogen (secondary N) is 1. The zero-order chi connectivity index (χ0) is 40.2. The Kier molecular flexibility index (Phi) is 9.57. The summed E-state index contributed by atoms with van der Waals surface area (Å²) in [5.41, 5.74) is 12.0. The Labute approximate surface area is 335 Å². The van der Waals surface area contributed by atoms with Crippen molar-refractivity contribution in [2.24, 2.45) is 5.41 Å². The van der Waals surface area contributed by atoms with Crippen LogP contribution in [0.5, 0.6) is 5.75 Å². The van der Waals surface area contributed by atoms with E-state index < -0.39 is 12.1 Å². The van der Waals surface area contributed by atoms with Crippen molar-refractivity contribution < 1.29 is 20.1 Å². The number of aromatic hydroxyl groups is 1. The van der Waals surface area contributed by atoms with Crippen LogP contribution in [0.3, 0.4) is 0 Å². The van der Waals surface area contributed by atoms with E-state index in [0.717, 1.165) is 57.1 Å². The minimum absolute atomic E-state index is 0.105. The van der Waals surface area contributed by atoms with Crippen LogP contribution in [0.15, 0.2) is 127 Å². The third-order valence-corrected chi connectivity index (χ3v) is 11.7. The van der Waals surface area contributed by atoms with Crippen LogP contribution in [0.1, 0.15) is 84.8 Å². The number of fused-ring (bicyclic) bond motifs is 5. The molecule has 0 spiro atoms. The number of carbonyl (C=O) groups is 1. The molecule has 0 heterocycles. The molecular weight excluding hydrogens is 705 g/mol. The van der Waals surface area contributed by atoms with Gasteiger partial charge in [-0.2, -0.15) is 0 Å². The first-order chi connectivity index (χ1) is 27.2. The number of phenols is 1. The number of nitrogens with zero attached hydrogens (tertiary/aromatic N) is 1. The summed E-state index contributed by atoms with van der Waals surface area (Å²) in [6.45, 7) is 10.1. The van der Waals surface area contributed by atoms with Gasteiger partial charge < -0.3 is 25.5 Å². The number of aromatic carboxylic acids is 1. The summed E-state index contributed by atoms with van der Waals surface area (Å²) in [5.74, 6) is -1.52. The second kappa shape index (κ2) is 14.4. The van der Waals surface area contributed by atoms with Crippen molar-refractivity contribution in [1.29, 1.82) is 0 Å². The number of anilines is 2. The van der Waals surface area contributed by atoms with Gasteiger partial charge in [0.2, 0.25) is 0 Å². The van der Waals surface area contributed by atoms with Gasteiger partial charge in [-0.1, -0.05) is 124 Å². The van der Waals surface area contributed by atoms with Gasteiger partial charge in [0.1, 0.15) is 11.3 Å². The number of aliphatic hydroxyl groups excluding tert-OH is 1. The quantitative estimate of drug-likeness (QED) is 0.117. The van der Waals surface area contributed by atoms with Crippen molar-refractivity contribution in [3.05, 3.63) is 160 Å². The molecule has 1 unspecified atom stereocenters. The molecule has 2 aliphatic rings. The van der Waals surface area contributed by atoms with Crippen LogP contribution >= 0.6 is 0 Å². The summed E-state index contributed by atoms with van der Waals surface area (Å²) in [5, 5.41) is 39.9. The van der Waals surface area contributed by atoms with Crippen LogP contribution in [0.2, 0.25) is 0 Å². The van der Waals surface area contributed by atoms with E-state index in [2.05, 4.69) is 131 Å². The third kappa shape index (κ3) is 7.22. The number of hydrogen-bond donors (Lipinski definition) is 4. The Balaban J connectivity index is 1.29. The lowest BCUT2D eigenvalue weighted by Crippen LogP contribution is -2.28. The molecule has 8 rings (SSSR count). The van der Waals surface area contributed by atoms with Crippen molar-refractivity contribution >= 4 is 50.5 Å². The largest absolute Gasteiger partial charge is 0.507 e. The molecule has 0 aromatic heterocycles. The molecular formula is C51H50N2O4. The molecule has 0 radical (unpaired) electrons. The van der Waals surface area contributed by atoms with E-state index in [-0.39, 0.29) is 22.1 Å². The molecule has 0 amide bonds. The highest BCUT2D eigenvalue weighted by Crippen LogP contribution is 2.53. The van der Waals surface area contributed by atoms with Crippen molar-refractivity contribution in [2.75, 3.05) is 24.3 Å². The van der Waals surface area contributed by atoms with Crippen molar-refractivity contribution in [3.63, 3.8) is 0 Å². The lowest BCUT2D eigenvalue weighted by atomic mass is 9.64. The van der Waals surface area contributed by atoms with Gasteiger partial charge in [-0.05, 0) is 115 Å². The van der Waals surface area contributed by atoms with Gasteiger partial charge in [0.25, 0.3) is 0 Å². The number of benzene rings is 6. The first-order valence-electron chi connectivity index (χ1n) is 19.7. The van der Waals surface area contributed by atoms with E-state index in [1.54, 1.807) is 18.2 Å². The zero-order valence-electron chi connectivity index (χ0n) is 33.5. The molecule has 6 aromatic rings. The van der Waals surface area contributed by atoms with Gasteiger partial charge in [0, 0.05) is 43.0 Å². The minimum atomic E-state index is -1.20. The smallest absolute Gasteiger partial charge is 0.339 e. The van der Waals surface area contributed by atoms with E-state index in [9.17, 15) is 20.1 Å². The molecule has 4 N–H and O–H groups in total. The standard InChI is InChI=1S/C51H50N2O4/c1-50(2)24-23-38-36(28-50)29-51(3,4)48-41(38)21-16-34-26-35(27-43(46(34)48)52-30-32-11-17-37(18-12-32)53(5)6)40-20-15-33-9-7-8-10-39(33)47(40)44(54)22-14-31-13-19-42(49(56)57)45(55)25-31/h7-27,44,52,54-55H,28-30H2,1-6H3,(H,56,57). The summed E-state index contributed by atoms with van der Waals surface area (Å²) in [7, 11) is 4.10. The molecule has 0 bridgehead atoms. The van der Waals surface area contributed by atoms with Crippen LogP contribution in [0.25, 0.3) is 44.3 Å². The van der Waals surface area contributed by atoms with E-state index in [0.29, 0.717) is 12.1 Å². The fraction of sp³-hybridized carbons (Fsp3) is 0.235. The van der Waals surface area contributed by atoms with E-state index in [4.69, 9.17) is 0 Å². The fourth-order valence-corrected chi connectivity index (χ4v) is 8.99. The van der Waals surface area contributed by atoms with Crippen LogP contribution in [0, 0.1) is 5.41 Å². The number of allylic oxidation sites excluding steroid dienone is 4. The zero-order valence-corrected chi connectivity index (χ0v) is 33.5. The van der Waals surface area contributed by atoms with Gasteiger partial charge in [-0.25, -0.2) is 4.79 Å². The van der Waals surface area contributed by atoms with E-state index in [1.165, 1.54) is 45.4 Å². The van der Waals surface area contributed by atoms with Gasteiger partial charge in [0.05, 0.1) is 6.10 Å². The average Bonchev–Trinajstić information content (AvgIpc) is 3.17. The number of aliphatic hydroxyl groups is 1. The lowest BCUT2D eigenvalue weighted by Gasteiger charge is -2.40. The Morgan fingerprint density at radius 2 is 1.60 bits per heavy atom. The monoisotopic (exact) mass is 754 g/mol. The van der Waals surface area contributed by atoms with Crippen molar-refractivity contribution in [3.8, 4) is 16.9 Å². The highest BCUT2D eigenvalue weighted by molar-refractivity contribution is 6.05. The molecule has 1 atom stereocenters. The molecule has 6 heteroatoms. The molecule has 0 aliphatic heterocycles. The summed E-state index contributed by atoms with van der Waals surface area (Å²) in [6.07, 6.45) is 9.18. The molecule has 0 saturated heterocycles. The summed E-state index contributed by atoms with van der Waals surface area (Å²) in [4.78, 5) is 13.6. The third-order valence-electron chi connectivity index (χ3n) is 11.7. The Hall–Kier alpha value is -6.11. The molecule has 0 fully saturated rings. The van der Waals surface area contributed by atoms with Gasteiger partial charge >= 0.3 is 5.97 Å². The summed E-state index contributed by atoms with van der Waals surface area (Å²) < 4.78 is 0. The van der Waals surface area contributed by atoms with Crippen LogP contribution < -0.4 is 10.2 Å². The Morgan fingerprint density at radius 3 is 2.33 bits per heavy atom. The van der Waals surface area contributed by atoms with Gasteiger partial charge in [0.15, 0.2) is 0 Å². The molecule has 6 nitrogen and oxygen atoms in total. The normalized spacial score (nSPS) is 16.1. The Morgan fingerprint density at radius 1 is 0.860 bits per heavy atom. The molecule has 0 saturated carbocycles. The number of hydrogen-bond acceptors (Lipinski definition) is 5. The van der Waals surface area contributed by atoms with Gasteiger partial charge in [-0.3, -0.25) is 0 Å². The Bertz CT molecular complexity index is 2660. The minimum Gasteiger partial charge on any atom is -0.507 e. The SMILES string of the molecule is CN(C)c1ccc(CNc2cc(-c3ccc4ccccc4c3C(O)C=Cc3ccc(C(=O)O)c(O)c3)cc3ccc4c(c23)C(C)(C)CC2=C4C=CC(C)(C)C2)cc1. The topological polar surface area (TPSA) is 93.0 Å². The van der Waals surface area contributed by atoms with Crippen molar-refractivity contribution in [1.82, 2.24) is 0 Å². The van der Waals surface area contributed by atoms with E-state index in [1.807, 2.05) is 18.2 Å². The van der Waals surface area contributed by atoms with Crippen LogP contribution in [-0.2, 0) is 12.0 Å². The van der Waals surface area contributed by atoms with Crippen molar-refractivity contribution in [2.45, 2.75) is 58.6 Å².